The number of halogens is 1. The van der Waals surface area contributed by atoms with E-state index in [-0.39, 0.29) is 0 Å². The van der Waals surface area contributed by atoms with Crippen molar-refractivity contribution in [3.63, 3.8) is 0 Å². The maximum absolute atomic E-state index is 5.61. The van der Waals surface area contributed by atoms with Gasteiger partial charge < -0.3 is 11.1 Å². The van der Waals surface area contributed by atoms with E-state index in [2.05, 4.69) is 38.4 Å². The van der Waals surface area contributed by atoms with Gasteiger partial charge in [0.05, 0.1) is 4.47 Å². The molecule has 2 rings (SSSR count). The molecule has 0 aliphatic carbocycles. The second-order valence-electron chi connectivity index (χ2n) is 3.71. The number of anilines is 1. The Labute approximate surface area is 109 Å². The molecule has 0 fully saturated rings. The Morgan fingerprint density at radius 2 is 2.00 bits per heavy atom. The molecule has 0 radical (unpaired) electrons. The van der Waals surface area contributed by atoms with Crippen LogP contribution in [0, 0.1) is 0 Å². The van der Waals surface area contributed by atoms with Crippen molar-refractivity contribution in [3.8, 4) is 0 Å². The van der Waals surface area contributed by atoms with Gasteiger partial charge in [-0.15, -0.1) is 0 Å². The first-order valence-electron chi connectivity index (χ1n) is 5.42. The molecule has 0 bridgehead atoms. The van der Waals surface area contributed by atoms with Crippen LogP contribution < -0.4 is 11.1 Å². The van der Waals surface area contributed by atoms with Crippen LogP contribution in [0.25, 0.3) is 0 Å². The standard InChI is InChI=1S/C13H14BrN3/c14-12-5-2-6-16-13(12)17-9-11-4-1-3-10(7-11)8-15/h1-7H,8-9,15H2,(H,16,17). The molecule has 0 unspecified atom stereocenters. The summed E-state index contributed by atoms with van der Waals surface area (Å²) in [6, 6.07) is 12.1. The zero-order valence-electron chi connectivity index (χ0n) is 9.36. The van der Waals surface area contributed by atoms with E-state index in [1.807, 2.05) is 24.3 Å². The molecule has 1 aromatic heterocycles. The predicted octanol–water partition coefficient (Wildman–Crippen LogP) is 2.91. The molecule has 2 aromatic rings. The molecule has 1 heterocycles. The lowest BCUT2D eigenvalue weighted by Crippen LogP contribution is -2.03. The normalized spacial score (nSPS) is 10.2. The fraction of sp³-hybridized carbons (Fsp3) is 0.154. The number of hydrogen-bond acceptors (Lipinski definition) is 3. The highest BCUT2D eigenvalue weighted by molar-refractivity contribution is 9.10. The van der Waals surface area contributed by atoms with Gasteiger partial charge in [-0.25, -0.2) is 4.98 Å². The Balaban J connectivity index is 2.05. The van der Waals surface area contributed by atoms with Crippen molar-refractivity contribution in [2.24, 2.45) is 5.73 Å². The first kappa shape index (κ1) is 12.1. The SMILES string of the molecule is NCc1cccc(CNc2ncccc2Br)c1. The van der Waals surface area contributed by atoms with Crippen molar-refractivity contribution in [3.05, 3.63) is 58.2 Å². The van der Waals surface area contributed by atoms with Crippen LogP contribution in [-0.4, -0.2) is 4.98 Å². The molecular weight excluding hydrogens is 278 g/mol. The quantitative estimate of drug-likeness (QED) is 0.911. The van der Waals surface area contributed by atoms with Crippen LogP contribution in [0.5, 0.6) is 0 Å². The predicted molar refractivity (Wildman–Crippen MR) is 73.6 cm³/mol. The van der Waals surface area contributed by atoms with Crippen molar-refractivity contribution in [2.45, 2.75) is 13.1 Å². The summed E-state index contributed by atoms with van der Waals surface area (Å²) in [5.74, 6) is 0.852. The maximum Gasteiger partial charge on any atom is 0.140 e. The van der Waals surface area contributed by atoms with Gasteiger partial charge >= 0.3 is 0 Å². The van der Waals surface area contributed by atoms with Crippen LogP contribution >= 0.6 is 15.9 Å². The second kappa shape index (κ2) is 5.80. The fourth-order valence-electron chi connectivity index (χ4n) is 1.57. The minimum Gasteiger partial charge on any atom is -0.365 e. The molecule has 88 valence electrons. The first-order chi connectivity index (χ1) is 8.29. The smallest absolute Gasteiger partial charge is 0.140 e. The molecule has 4 heteroatoms. The van der Waals surface area contributed by atoms with E-state index in [0.717, 1.165) is 22.4 Å². The lowest BCUT2D eigenvalue weighted by atomic mass is 10.1. The summed E-state index contributed by atoms with van der Waals surface area (Å²) < 4.78 is 0.968. The highest BCUT2D eigenvalue weighted by Crippen LogP contribution is 2.19. The Kier molecular flexibility index (Phi) is 4.12. The summed E-state index contributed by atoms with van der Waals surface area (Å²) in [6.45, 7) is 1.31. The van der Waals surface area contributed by atoms with Gasteiger partial charge in [0.2, 0.25) is 0 Å². The van der Waals surface area contributed by atoms with Gasteiger partial charge in [0.1, 0.15) is 5.82 Å². The topological polar surface area (TPSA) is 50.9 Å². The van der Waals surface area contributed by atoms with Crippen LogP contribution in [0.3, 0.4) is 0 Å². The molecular formula is C13H14BrN3. The first-order valence-corrected chi connectivity index (χ1v) is 6.21. The Morgan fingerprint density at radius 1 is 1.18 bits per heavy atom. The van der Waals surface area contributed by atoms with E-state index in [1.54, 1.807) is 6.20 Å². The van der Waals surface area contributed by atoms with E-state index < -0.39 is 0 Å². The zero-order chi connectivity index (χ0) is 12.1. The van der Waals surface area contributed by atoms with Crippen LogP contribution in [0.2, 0.25) is 0 Å². The van der Waals surface area contributed by atoms with Gasteiger partial charge in [-0.3, -0.25) is 0 Å². The Bertz CT molecular complexity index is 500. The summed E-state index contributed by atoms with van der Waals surface area (Å²) in [5.41, 5.74) is 7.95. The van der Waals surface area contributed by atoms with Crippen molar-refractivity contribution in [1.82, 2.24) is 4.98 Å². The zero-order valence-corrected chi connectivity index (χ0v) is 10.9. The summed E-state index contributed by atoms with van der Waals surface area (Å²) >= 11 is 3.45. The molecule has 0 amide bonds. The molecule has 0 atom stereocenters. The van der Waals surface area contributed by atoms with E-state index in [4.69, 9.17) is 5.73 Å². The van der Waals surface area contributed by atoms with Crippen LogP contribution in [0.4, 0.5) is 5.82 Å². The minimum absolute atomic E-state index is 0.571. The fourth-order valence-corrected chi connectivity index (χ4v) is 1.96. The number of benzene rings is 1. The Hall–Kier alpha value is -1.39. The number of nitrogens with one attached hydrogen (secondary N) is 1. The van der Waals surface area contributed by atoms with Crippen molar-refractivity contribution >= 4 is 21.7 Å². The molecule has 0 aliphatic heterocycles. The van der Waals surface area contributed by atoms with Gasteiger partial charge in [0.15, 0.2) is 0 Å². The molecule has 0 saturated heterocycles. The summed E-state index contributed by atoms with van der Waals surface area (Å²) in [7, 11) is 0. The van der Waals surface area contributed by atoms with Crippen LogP contribution in [0.15, 0.2) is 47.1 Å². The van der Waals surface area contributed by atoms with E-state index in [0.29, 0.717) is 6.54 Å². The van der Waals surface area contributed by atoms with Gasteiger partial charge in [-0.05, 0) is 39.2 Å². The van der Waals surface area contributed by atoms with Crippen molar-refractivity contribution in [2.75, 3.05) is 5.32 Å². The number of pyridine rings is 1. The number of rotatable bonds is 4. The van der Waals surface area contributed by atoms with Crippen LogP contribution in [-0.2, 0) is 13.1 Å². The molecule has 0 aliphatic rings. The Morgan fingerprint density at radius 3 is 2.76 bits per heavy atom. The van der Waals surface area contributed by atoms with Gasteiger partial charge in [-0.2, -0.15) is 0 Å². The van der Waals surface area contributed by atoms with Gasteiger partial charge in [-0.1, -0.05) is 24.3 Å². The molecule has 17 heavy (non-hydrogen) atoms. The third-order valence-electron chi connectivity index (χ3n) is 2.45. The minimum atomic E-state index is 0.571. The molecule has 3 N–H and O–H groups in total. The van der Waals surface area contributed by atoms with Crippen molar-refractivity contribution < 1.29 is 0 Å². The molecule has 1 aromatic carbocycles. The highest BCUT2D eigenvalue weighted by atomic mass is 79.9. The largest absolute Gasteiger partial charge is 0.365 e. The average Bonchev–Trinajstić information content (AvgIpc) is 2.38. The van der Waals surface area contributed by atoms with E-state index in [9.17, 15) is 0 Å². The summed E-state index contributed by atoms with van der Waals surface area (Å²) in [6.07, 6.45) is 1.77. The van der Waals surface area contributed by atoms with Gasteiger partial charge in [0.25, 0.3) is 0 Å². The van der Waals surface area contributed by atoms with E-state index >= 15 is 0 Å². The van der Waals surface area contributed by atoms with Gasteiger partial charge in [0, 0.05) is 19.3 Å². The lowest BCUT2D eigenvalue weighted by molar-refractivity contribution is 1.04. The summed E-state index contributed by atoms with van der Waals surface area (Å²) in [4.78, 5) is 4.25. The molecule has 0 spiro atoms. The van der Waals surface area contributed by atoms with Crippen molar-refractivity contribution in [1.29, 1.82) is 0 Å². The number of nitrogens with two attached hydrogens (primary N) is 1. The maximum atomic E-state index is 5.61. The summed E-state index contributed by atoms with van der Waals surface area (Å²) in [5, 5.41) is 3.28. The third-order valence-corrected chi connectivity index (χ3v) is 3.09. The number of nitrogens with zero attached hydrogens (tertiary/aromatic N) is 1. The third kappa shape index (κ3) is 3.28. The molecule has 3 nitrogen and oxygen atoms in total. The molecule has 0 saturated carbocycles. The number of hydrogen-bond donors (Lipinski definition) is 2. The van der Waals surface area contributed by atoms with Crippen LogP contribution in [0.1, 0.15) is 11.1 Å². The van der Waals surface area contributed by atoms with E-state index in [1.165, 1.54) is 5.56 Å². The second-order valence-corrected chi connectivity index (χ2v) is 4.57. The number of aromatic nitrogens is 1. The highest BCUT2D eigenvalue weighted by Gasteiger charge is 2.00. The monoisotopic (exact) mass is 291 g/mol. The lowest BCUT2D eigenvalue weighted by Gasteiger charge is -2.08. The average molecular weight is 292 g/mol.